The van der Waals surface area contributed by atoms with Crippen LogP contribution in [-0.4, -0.2) is 57.1 Å². The second-order valence-corrected chi connectivity index (χ2v) is 6.37. The van der Waals surface area contributed by atoms with E-state index in [4.69, 9.17) is 14.2 Å². The van der Waals surface area contributed by atoms with Gasteiger partial charge in [0, 0.05) is 19.0 Å². The van der Waals surface area contributed by atoms with Crippen LogP contribution in [0, 0.1) is 5.92 Å². The predicted molar refractivity (Wildman–Crippen MR) is 89.7 cm³/mol. The van der Waals surface area contributed by atoms with Crippen LogP contribution in [0.1, 0.15) is 18.4 Å². The zero-order valence-corrected chi connectivity index (χ0v) is 14.2. The number of hydrogen-bond acceptors (Lipinski definition) is 5. The fourth-order valence-corrected chi connectivity index (χ4v) is 3.31. The third kappa shape index (κ3) is 4.69. The fourth-order valence-electron chi connectivity index (χ4n) is 3.31. The molecular formula is C18H26N2O4. The first-order valence-corrected chi connectivity index (χ1v) is 8.60. The number of piperidine rings is 1. The normalized spacial score (nSPS) is 22.5. The first-order valence-electron chi connectivity index (χ1n) is 8.60. The average Bonchev–Trinajstić information content (AvgIpc) is 3.15. The molecule has 2 aliphatic rings. The van der Waals surface area contributed by atoms with Gasteiger partial charge in [0.05, 0.1) is 26.9 Å². The maximum atomic E-state index is 12.2. The summed E-state index contributed by atoms with van der Waals surface area (Å²) < 4.78 is 16.4. The molecule has 24 heavy (non-hydrogen) atoms. The number of nitrogens with zero attached hydrogens (tertiary/aromatic N) is 1. The topological polar surface area (TPSA) is 60.0 Å². The van der Waals surface area contributed by atoms with Crippen molar-refractivity contribution < 1.29 is 19.0 Å². The zero-order valence-electron chi connectivity index (χ0n) is 14.2. The highest BCUT2D eigenvalue weighted by Crippen LogP contribution is 2.24. The molecule has 6 heteroatoms. The van der Waals surface area contributed by atoms with Crippen molar-refractivity contribution in [2.45, 2.75) is 25.7 Å². The van der Waals surface area contributed by atoms with Gasteiger partial charge in [0.25, 0.3) is 0 Å². The molecule has 0 saturated carbocycles. The maximum absolute atomic E-state index is 12.2. The number of ether oxygens (including phenoxy) is 3. The molecule has 1 N–H and O–H groups in total. The second-order valence-electron chi connectivity index (χ2n) is 6.37. The van der Waals surface area contributed by atoms with Gasteiger partial charge in [0.15, 0.2) is 6.29 Å². The Bertz CT molecular complexity index is 528. The number of carbonyl (C=O) groups is 1. The number of amides is 1. The molecule has 1 amide bonds. The molecule has 2 saturated heterocycles. The highest BCUT2D eigenvalue weighted by molar-refractivity contribution is 5.78. The Balaban J connectivity index is 1.42. The zero-order chi connectivity index (χ0) is 16.8. The summed E-state index contributed by atoms with van der Waals surface area (Å²) in [5, 5.41) is 2.98. The van der Waals surface area contributed by atoms with Gasteiger partial charge in [0.1, 0.15) is 5.75 Å². The van der Waals surface area contributed by atoms with Crippen LogP contribution in [-0.2, 0) is 20.8 Å². The molecule has 0 spiro atoms. The Labute approximate surface area is 143 Å². The second kappa shape index (κ2) is 8.46. The highest BCUT2D eigenvalue weighted by Gasteiger charge is 2.31. The molecule has 0 aliphatic carbocycles. The van der Waals surface area contributed by atoms with Gasteiger partial charge in [-0.1, -0.05) is 12.1 Å². The van der Waals surface area contributed by atoms with Crippen LogP contribution in [0.15, 0.2) is 24.3 Å². The minimum atomic E-state index is -0.0878. The van der Waals surface area contributed by atoms with E-state index in [-0.39, 0.29) is 12.2 Å². The third-order valence-electron chi connectivity index (χ3n) is 4.59. The lowest BCUT2D eigenvalue weighted by Crippen LogP contribution is -2.45. The van der Waals surface area contributed by atoms with E-state index in [0.29, 0.717) is 32.2 Å². The van der Waals surface area contributed by atoms with Crippen molar-refractivity contribution in [2.75, 3.05) is 40.0 Å². The Morgan fingerprint density at radius 3 is 2.75 bits per heavy atom. The van der Waals surface area contributed by atoms with E-state index >= 15 is 0 Å². The molecule has 2 aliphatic heterocycles. The molecule has 132 valence electrons. The molecular weight excluding hydrogens is 308 g/mol. The quantitative estimate of drug-likeness (QED) is 0.852. The largest absolute Gasteiger partial charge is 0.497 e. The molecule has 1 unspecified atom stereocenters. The van der Waals surface area contributed by atoms with Crippen LogP contribution in [0.5, 0.6) is 5.75 Å². The summed E-state index contributed by atoms with van der Waals surface area (Å²) >= 11 is 0. The summed E-state index contributed by atoms with van der Waals surface area (Å²) in [6.45, 7) is 4.15. The van der Waals surface area contributed by atoms with Crippen molar-refractivity contribution >= 4 is 5.91 Å². The minimum Gasteiger partial charge on any atom is -0.497 e. The van der Waals surface area contributed by atoms with E-state index in [9.17, 15) is 4.79 Å². The molecule has 2 fully saturated rings. The SMILES string of the molecule is COc1ccc(CNC(=O)CN2CCCC(C3OCCO3)C2)cc1. The van der Waals surface area contributed by atoms with Gasteiger partial charge < -0.3 is 19.5 Å². The first kappa shape index (κ1) is 17.2. The van der Waals surface area contributed by atoms with Crippen LogP contribution >= 0.6 is 0 Å². The van der Waals surface area contributed by atoms with Crippen molar-refractivity contribution in [3.05, 3.63) is 29.8 Å². The van der Waals surface area contributed by atoms with Crippen molar-refractivity contribution in [3.63, 3.8) is 0 Å². The van der Waals surface area contributed by atoms with Crippen molar-refractivity contribution in [2.24, 2.45) is 5.92 Å². The van der Waals surface area contributed by atoms with E-state index in [1.807, 2.05) is 24.3 Å². The molecule has 6 nitrogen and oxygen atoms in total. The number of likely N-dealkylation sites (tertiary alicyclic amines) is 1. The van der Waals surface area contributed by atoms with Gasteiger partial charge in [0.2, 0.25) is 5.91 Å². The number of rotatable bonds is 6. The van der Waals surface area contributed by atoms with E-state index in [1.54, 1.807) is 7.11 Å². The summed E-state index contributed by atoms with van der Waals surface area (Å²) in [7, 11) is 1.64. The van der Waals surface area contributed by atoms with Gasteiger partial charge in [-0.05, 0) is 37.1 Å². The number of methoxy groups -OCH3 is 1. The Hall–Kier alpha value is -1.63. The molecule has 0 aromatic heterocycles. The number of nitrogens with one attached hydrogen (secondary N) is 1. The predicted octanol–water partition coefficient (Wildman–Crippen LogP) is 1.40. The third-order valence-corrected chi connectivity index (χ3v) is 4.59. The van der Waals surface area contributed by atoms with Crippen molar-refractivity contribution in [1.82, 2.24) is 10.2 Å². The molecule has 3 rings (SSSR count). The lowest BCUT2D eigenvalue weighted by atomic mass is 9.97. The number of carbonyl (C=O) groups excluding carboxylic acids is 1. The monoisotopic (exact) mass is 334 g/mol. The standard InChI is InChI=1S/C18H26N2O4/c1-22-16-6-4-14(5-7-16)11-19-17(21)13-20-8-2-3-15(12-20)18-23-9-10-24-18/h4-7,15,18H,2-3,8-13H2,1H3,(H,19,21). The highest BCUT2D eigenvalue weighted by atomic mass is 16.7. The van der Waals surface area contributed by atoms with Gasteiger partial charge >= 0.3 is 0 Å². The van der Waals surface area contributed by atoms with Gasteiger partial charge in [-0.15, -0.1) is 0 Å². The Morgan fingerprint density at radius 2 is 2.04 bits per heavy atom. The Kier molecular flexibility index (Phi) is 6.07. The molecule has 0 bridgehead atoms. The van der Waals surface area contributed by atoms with E-state index in [2.05, 4.69) is 10.2 Å². The average molecular weight is 334 g/mol. The Morgan fingerprint density at radius 1 is 1.29 bits per heavy atom. The maximum Gasteiger partial charge on any atom is 0.234 e. The minimum absolute atomic E-state index is 0.0553. The first-order chi connectivity index (χ1) is 11.7. The number of benzene rings is 1. The van der Waals surface area contributed by atoms with E-state index < -0.39 is 0 Å². The summed E-state index contributed by atoms with van der Waals surface area (Å²) in [5.41, 5.74) is 1.06. The summed E-state index contributed by atoms with van der Waals surface area (Å²) in [6.07, 6.45) is 2.10. The van der Waals surface area contributed by atoms with Crippen LogP contribution in [0.25, 0.3) is 0 Å². The molecule has 1 aromatic rings. The van der Waals surface area contributed by atoms with Crippen LogP contribution in [0.4, 0.5) is 0 Å². The lowest BCUT2D eigenvalue weighted by molar-refractivity contribution is -0.125. The van der Waals surface area contributed by atoms with E-state index in [0.717, 1.165) is 37.2 Å². The molecule has 1 atom stereocenters. The number of hydrogen-bond donors (Lipinski definition) is 1. The molecule has 1 aromatic carbocycles. The molecule has 0 radical (unpaired) electrons. The summed E-state index contributed by atoms with van der Waals surface area (Å²) in [4.78, 5) is 14.4. The van der Waals surface area contributed by atoms with Gasteiger partial charge in [-0.3, -0.25) is 9.69 Å². The lowest BCUT2D eigenvalue weighted by Gasteiger charge is -2.34. The smallest absolute Gasteiger partial charge is 0.234 e. The van der Waals surface area contributed by atoms with Crippen LogP contribution < -0.4 is 10.1 Å². The van der Waals surface area contributed by atoms with Crippen LogP contribution in [0.2, 0.25) is 0 Å². The van der Waals surface area contributed by atoms with Crippen molar-refractivity contribution in [3.8, 4) is 5.75 Å². The van der Waals surface area contributed by atoms with Crippen molar-refractivity contribution in [1.29, 1.82) is 0 Å². The van der Waals surface area contributed by atoms with Gasteiger partial charge in [-0.2, -0.15) is 0 Å². The fraction of sp³-hybridized carbons (Fsp3) is 0.611. The summed E-state index contributed by atoms with van der Waals surface area (Å²) in [6, 6.07) is 7.73. The van der Waals surface area contributed by atoms with Crippen LogP contribution in [0.3, 0.4) is 0 Å². The summed E-state index contributed by atoms with van der Waals surface area (Å²) in [5.74, 6) is 1.25. The molecule has 2 heterocycles. The van der Waals surface area contributed by atoms with Gasteiger partial charge in [-0.25, -0.2) is 0 Å². The van der Waals surface area contributed by atoms with E-state index in [1.165, 1.54) is 0 Å².